The molecule has 0 bridgehead atoms. The topological polar surface area (TPSA) is 66.4 Å². The number of amides is 1. The second-order valence-electron chi connectivity index (χ2n) is 5.45. The molecule has 2 N–H and O–H groups in total. The average Bonchev–Trinajstić information content (AvgIpc) is 2.92. The third kappa shape index (κ3) is 4.77. The molecule has 0 spiro atoms. The van der Waals surface area contributed by atoms with Gasteiger partial charge in [-0.1, -0.05) is 13.0 Å². The van der Waals surface area contributed by atoms with Crippen LogP contribution in [-0.4, -0.2) is 29.3 Å². The predicted molar refractivity (Wildman–Crippen MR) is 83.6 cm³/mol. The third-order valence-corrected chi connectivity index (χ3v) is 4.75. The first-order valence-electron chi connectivity index (χ1n) is 7.30. The van der Waals surface area contributed by atoms with Gasteiger partial charge in [0, 0.05) is 11.4 Å². The number of rotatable bonds is 7. The summed E-state index contributed by atoms with van der Waals surface area (Å²) in [5.41, 5.74) is 2.85. The van der Waals surface area contributed by atoms with Crippen LogP contribution in [0.2, 0.25) is 0 Å². The fourth-order valence-electron chi connectivity index (χ4n) is 2.39. The summed E-state index contributed by atoms with van der Waals surface area (Å²) in [6, 6.07) is 6.43. The number of fused-ring (bicyclic) bond motifs is 1. The van der Waals surface area contributed by atoms with E-state index >= 15 is 0 Å². The van der Waals surface area contributed by atoms with Crippen LogP contribution in [0.1, 0.15) is 30.9 Å². The molecule has 5 heteroatoms. The van der Waals surface area contributed by atoms with Crippen molar-refractivity contribution in [3.8, 4) is 0 Å². The molecule has 0 heterocycles. The second kappa shape index (κ2) is 7.50. The molecule has 1 aromatic carbocycles. The number of benzene rings is 1. The van der Waals surface area contributed by atoms with E-state index < -0.39 is 11.9 Å². The van der Waals surface area contributed by atoms with E-state index in [2.05, 4.69) is 23.5 Å². The lowest BCUT2D eigenvalue weighted by Gasteiger charge is -2.08. The first-order valence-corrected chi connectivity index (χ1v) is 8.29. The molecule has 2 rings (SSSR count). The molecule has 0 aliphatic heterocycles. The first-order chi connectivity index (χ1) is 10.1. The maximum absolute atomic E-state index is 11.7. The van der Waals surface area contributed by atoms with Gasteiger partial charge < -0.3 is 10.4 Å². The van der Waals surface area contributed by atoms with Crippen molar-refractivity contribution in [3.63, 3.8) is 0 Å². The van der Waals surface area contributed by atoms with Crippen molar-refractivity contribution in [3.05, 3.63) is 29.3 Å². The molecule has 1 aromatic rings. The van der Waals surface area contributed by atoms with Crippen LogP contribution < -0.4 is 5.32 Å². The molecule has 0 fully saturated rings. The fraction of sp³-hybridized carbons (Fsp3) is 0.500. The summed E-state index contributed by atoms with van der Waals surface area (Å²) in [6.45, 7) is 2.06. The maximum atomic E-state index is 11.7. The zero-order valence-corrected chi connectivity index (χ0v) is 13.0. The molecule has 1 amide bonds. The van der Waals surface area contributed by atoms with Crippen molar-refractivity contribution in [1.29, 1.82) is 0 Å². The van der Waals surface area contributed by atoms with E-state index in [0.717, 1.165) is 11.3 Å². The summed E-state index contributed by atoms with van der Waals surface area (Å²) in [7, 11) is 0. The molecule has 1 atom stereocenters. The molecule has 1 unspecified atom stereocenters. The second-order valence-corrected chi connectivity index (χ2v) is 6.50. The zero-order valence-electron chi connectivity index (χ0n) is 12.2. The van der Waals surface area contributed by atoms with Crippen LogP contribution >= 0.6 is 11.8 Å². The Balaban J connectivity index is 1.70. The maximum Gasteiger partial charge on any atom is 0.306 e. The minimum absolute atomic E-state index is 0.0434. The largest absolute Gasteiger partial charge is 0.481 e. The summed E-state index contributed by atoms with van der Waals surface area (Å²) in [5, 5.41) is 11.5. The Morgan fingerprint density at radius 2 is 2.10 bits per heavy atom. The Labute approximate surface area is 129 Å². The highest BCUT2D eigenvalue weighted by atomic mass is 32.2. The number of hydrogen-bond acceptors (Lipinski definition) is 3. The number of aliphatic carboxylic acids is 1. The number of carboxylic acids is 1. The Morgan fingerprint density at radius 1 is 1.33 bits per heavy atom. The lowest BCUT2D eigenvalue weighted by molar-refractivity contribution is -0.141. The van der Waals surface area contributed by atoms with E-state index in [0.29, 0.717) is 18.7 Å². The van der Waals surface area contributed by atoms with Crippen LogP contribution in [0.4, 0.5) is 0 Å². The van der Waals surface area contributed by atoms with Crippen LogP contribution in [-0.2, 0) is 22.4 Å². The number of carboxylic acid groups (broad SMARTS) is 1. The minimum atomic E-state index is -0.822. The monoisotopic (exact) mass is 307 g/mol. The summed E-state index contributed by atoms with van der Waals surface area (Å²) in [5.74, 6) is -0.912. The molecular weight excluding hydrogens is 286 g/mol. The highest BCUT2D eigenvalue weighted by Crippen LogP contribution is 2.27. The van der Waals surface area contributed by atoms with Crippen molar-refractivity contribution in [2.24, 2.45) is 5.92 Å². The van der Waals surface area contributed by atoms with Gasteiger partial charge in [-0.2, -0.15) is 0 Å². The van der Waals surface area contributed by atoms with Gasteiger partial charge in [-0.25, -0.2) is 0 Å². The minimum Gasteiger partial charge on any atom is -0.481 e. The Kier molecular flexibility index (Phi) is 5.67. The Morgan fingerprint density at radius 3 is 2.86 bits per heavy atom. The van der Waals surface area contributed by atoms with Crippen molar-refractivity contribution < 1.29 is 14.7 Å². The lowest BCUT2D eigenvalue weighted by Crippen LogP contribution is -2.28. The number of aryl methyl sites for hydroxylation is 2. The van der Waals surface area contributed by atoms with E-state index in [4.69, 9.17) is 5.11 Å². The van der Waals surface area contributed by atoms with E-state index in [1.54, 1.807) is 6.92 Å². The summed E-state index contributed by atoms with van der Waals surface area (Å²) < 4.78 is 0. The summed E-state index contributed by atoms with van der Waals surface area (Å²) >= 11 is 1.53. The Bertz CT molecular complexity index is 530. The van der Waals surface area contributed by atoms with Gasteiger partial charge in [0.2, 0.25) is 5.91 Å². The molecule has 4 nitrogen and oxygen atoms in total. The molecule has 114 valence electrons. The van der Waals surface area contributed by atoms with E-state index in [-0.39, 0.29) is 5.91 Å². The first kappa shape index (κ1) is 15.9. The van der Waals surface area contributed by atoms with E-state index in [9.17, 15) is 9.59 Å². The number of nitrogens with one attached hydrogen (secondary N) is 1. The molecule has 21 heavy (non-hydrogen) atoms. The smallest absolute Gasteiger partial charge is 0.306 e. The van der Waals surface area contributed by atoms with Gasteiger partial charge in [0.15, 0.2) is 0 Å². The quantitative estimate of drug-likeness (QED) is 0.760. The van der Waals surface area contributed by atoms with Gasteiger partial charge in [-0.3, -0.25) is 9.59 Å². The zero-order chi connectivity index (χ0) is 15.2. The van der Waals surface area contributed by atoms with Crippen molar-refractivity contribution in [2.75, 3.05) is 12.3 Å². The normalized spacial score (nSPS) is 14.5. The highest BCUT2D eigenvalue weighted by molar-refractivity contribution is 8.00. The summed E-state index contributed by atoms with van der Waals surface area (Å²) in [6.07, 6.45) is 4.00. The number of carbonyl (C=O) groups excluding carboxylic acids is 1. The van der Waals surface area contributed by atoms with Crippen molar-refractivity contribution >= 4 is 23.6 Å². The third-order valence-electron chi connectivity index (χ3n) is 3.76. The molecule has 1 aliphatic rings. The van der Waals surface area contributed by atoms with Gasteiger partial charge >= 0.3 is 5.97 Å². The fourth-order valence-corrected chi connectivity index (χ4v) is 3.18. The van der Waals surface area contributed by atoms with Gasteiger partial charge in [0.05, 0.1) is 11.7 Å². The van der Waals surface area contributed by atoms with Crippen LogP contribution in [0.15, 0.2) is 23.1 Å². The van der Waals surface area contributed by atoms with Crippen molar-refractivity contribution in [1.82, 2.24) is 5.32 Å². The van der Waals surface area contributed by atoms with Crippen LogP contribution in [0.3, 0.4) is 0 Å². The highest BCUT2D eigenvalue weighted by Gasteiger charge is 2.13. The number of carbonyl (C=O) groups is 2. The predicted octanol–water partition coefficient (Wildman–Crippen LogP) is 2.49. The molecule has 0 saturated heterocycles. The van der Waals surface area contributed by atoms with E-state index in [1.807, 2.05) is 0 Å². The summed E-state index contributed by atoms with van der Waals surface area (Å²) in [4.78, 5) is 23.5. The van der Waals surface area contributed by atoms with E-state index in [1.165, 1.54) is 35.7 Å². The number of hydrogen-bond donors (Lipinski definition) is 2. The SMILES string of the molecule is CC(CCNC(=O)CSc1ccc2c(c1)CCC2)C(=O)O. The van der Waals surface area contributed by atoms with Gasteiger partial charge in [-0.05, 0) is 48.9 Å². The van der Waals surface area contributed by atoms with Crippen LogP contribution in [0.5, 0.6) is 0 Å². The number of thioether (sulfide) groups is 1. The van der Waals surface area contributed by atoms with Crippen LogP contribution in [0, 0.1) is 5.92 Å². The Hall–Kier alpha value is -1.49. The molecule has 0 saturated carbocycles. The van der Waals surface area contributed by atoms with Crippen LogP contribution in [0.25, 0.3) is 0 Å². The molecule has 0 aromatic heterocycles. The molecule has 1 aliphatic carbocycles. The van der Waals surface area contributed by atoms with Gasteiger partial charge in [0.25, 0.3) is 0 Å². The molecule has 0 radical (unpaired) electrons. The van der Waals surface area contributed by atoms with Gasteiger partial charge in [-0.15, -0.1) is 11.8 Å². The lowest BCUT2D eigenvalue weighted by atomic mass is 10.1. The van der Waals surface area contributed by atoms with Gasteiger partial charge in [0.1, 0.15) is 0 Å². The molecular formula is C16H21NO3S. The average molecular weight is 307 g/mol. The standard InChI is InChI=1S/C16H21NO3S/c1-11(16(19)20)7-8-17-15(18)10-21-14-6-5-12-3-2-4-13(12)9-14/h5-6,9,11H,2-4,7-8,10H2,1H3,(H,17,18)(H,19,20). The van der Waals surface area contributed by atoms with Crippen molar-refractivity contribution in [2.45, 2.75) is 37.5 Å².